The molecule has 90 valence electrons. The molecule has 0 radical (unpaired) electrons. The minimum absolute atomic E-state index is 0.0198. The second kappa shape index (κ2) is 4.41. The van der Waals surface area contributed by atoms with Crippen molar-refractivity contribution in [2.24, 2.45) is 0 Å². The van der Waals surface area contributed by atoms with Gasteiger partial charge in [0.1, 0.15) is 11.4 Å². The average molecular weight is 235 g/mol. The predicted molar refractivity (Wildman–Crippen MR) is 53.5 cm³/mol. The molecule has 0 spiro atoms. The van der Waals surface area contributed by atoms with Crippen LogP contribution in [-0.2, 0) is 5.54 Å². The first-order chi connectivity index (χ1) is 7.37. The van der Waals surface area contributed by atoms with Gasteiger partial charge in [-0.3, -0.25) is 0 Å². The van der Waals surface area contributed by atoms with Gasteiger partial charge in [-0.05, 0) is 31.2 Å². The van der Waals surface area contributed by atoms with Crippen LogP contribution in [0.2, 0.25) is 0 Å². The Morgan fingerprint density at radius 3 is 1.94 bits per heavy atom. The third kappa shape index (κ3) is 2.04. The van der Waals surface area contributed by atoms with Gasteiger partial charge in [0.15, 0.2) is 0 Å². The molecule has 5 heteroatoms. The van der Waals surface area contributed by atoms with E-state index in [1.165, 1.54) is 14.0 Å². The van der Waals surface area contributed by atoms with Gasteiger partial charge in [-0.25, -0.2) is 4.39 Å². The van der Waals surface area contributed by atoms with Crippen LogP contribution in [0.1, 0.15) is 18.9 Å². The van der Waals surface area contributed by atoms with Crippen LogP contribution in [0.3, 0.4) is 0 Å². The monoisotopic (exact) mass is 235 g/mol. The lowest BCUT2D eigenvalue weighted by molar-refractivity contribution is -0.200. The van der Waals surface area contributed by atoms with Gasteiger partial charge in [0.05, 0.1) is 0 Å². The highest BCUT2D eigenvalue weighted by molar-refractivity contribution is 5.27. The Balaban J connectivity index is 3.26. The molecule has 0 aliphatic rings. The van der Waals surface area contributed by atoms with Crippen molar-refractivity contribution < 1.29 is 17.6 Å². The van der Waals surface area contributed by atoms with E-state index in [9.17, 15) is 17.6 Å². The Morgan fingerprint density at radius 2 is 1.62 bits per heavy atom. The summed E-state index contributed by atoms with van der Waals surface area (Å²) in [6.45, 7) is 1.44. The van der Waals surface area contributed by atoms with Crippen LogP contribution in [-0.4, -0.2) is 13.2 Å². The molecular weight excluding hydrogens is 222 g/mol. The minimum atomic E-state index is -4.42. The van der Waals surface area contributed by atoms with Gasteiger partial charge in [-0.2, -0.15) is 13.2 Å². The molecule has 16 heavy (non-hydrogen) atoms. The maximum atomic E-state index is 13.0. The maximum absolute atomic E-state index is 13.0. The number of halogens is 4. The molecule has 0 aliphatic heterocycles. The summed E-state index contributed by atoms with van der Waals surface area (Å²) < 4.78 is 51.7. The lowest BCUT2D eigenvalue weighted by Gasteiger charge is -2.35. The third-order valence-electron chi connectivity index (χ3n) is 2.78. The van der Waals surface area contributed by atoms with Crippen molar-refractivity contribution in [2.45, 2.75) is 25.1 Å². The van der Waals surface area contributed by atoms with Crippen molar-refractivity contribution in [3.8, 4) is 0 Å². The minimum Gasteiger partial charge on any atom is -0.303 e. The van der Waals surface area contributed by atoms with Crippen molar-refractivity contribution in [1.82, 2.24) is 5.32 Å². The summed E-state index contributed by atoms with van der Waals surface area (Å²) in [6.07, 6.45) is -4.58. The Labute approximate surface area is 91.5 Å². The summed E-state index contributed by atoms with van der Waals surface area (Å²) in [5.74, 6) is -0.549. The van der Waals surface area contributed by atoms with Crippen LogP contribution in [0.15, 0.2) is 24.3 Å². The van der Waals surface area contributed by atoms with E-state index in [1.54, 1.807) is 0 Å². The number of nitrogens with one attached hydrogen (secondary N) is 1. The summed E-state index contributed by atoms with van der Waals surface area (Å²) in [7, 11) is 1.25. The normalized spacial score (nSPS) is 15.9. The van der Waals surface area contributed by atoms with Gasteiger partial charge < -0.3 is 5.32 Å². The fourth-order valence-corrected chi connectivity index (χ4v) is 1.77. The molecule has 0 fully saturated rings. The number of rotatable bonds is 3. The van der Waals surface area contributed by atoms with Crippen LogP contribution in [0, 0.1) is 5.82 Å². The first-order valence-electron chi connectivity index (χ1n) is 4.89. The van der Waals surface area contributed by atoms with E-state index in [4.69, 9.17) is 0 Å². The number of alkyl halides is 3. The largest absolute Gasteiger partial charge is 0.410 e. The molecule has 0 bridgehead atoms. The highest BCUT2D eigenvalue weighted by Gasteiger charge is 2.53. The molecule has 0 aromatic heterocycles. The van der Waals surface area contributed by atoms with Gasteiger partial charge in [0.25, 0.3) is 0 Å². The van der Waals surface area contributed by atoms with Gasteiger partial charge in [-0.1, -0.05) is 19.1 Å². The lowest BCUT2D eigenvalue weighted by atomic mass is 9.86. The van der Waals surface area contributed by atoms with Crippen LogP contribution in [0.25, 0.3) is 0 Å². The van der Waals surface area contributed by atoms with Crippen molar-refractivity contribution in [3.63, 3.8) is 0 Å². The van der Waals surface area contributed by atoms with Crippen LogP contribution in [0.4, 0.5) is 17.6 Å². The average Bonchev–Trinajstić information content (AvgIpc) is 2.21. The molecule has 1 aromatic rings. The third-order valence-corrected chi connectivity index (χ3v) is 2.78. The summed E-state index contributed by atoms with van der Waals surface area (Å²) >= 11 is 0. The molecule has 0 saturated heterocycles. The van der Waals surface area contributed by atoms with Gasteiger partial charge >= 0.3 is 6.18 Å². The number of hydrogen-bond donors (Lipinski definition) is 1. The van der Waals surface area contributed by atoms with E-state index in [0.29, 0.717) is 0 Å². The summed E-state index contributed by atoms with van der Waals surface area (Å²) in [5.41, 5.74) is -2.09. The summed E-state index contributed by atoms with van der Waals surface area (Å²) in [5, 5.41) is 2.29. The first kappa shape index (κ1) is 13.0. The van der Waals surface area contributed by atoms with E-state index in [0.717, 1.165) is 24.3 Å². The van der Waals surface area contributed by atoms with Crippen molar-refractivity contribution in [1.29, 1.82) is 0 Å². The number of hydrogen-bond acceptors (Lipinski definition) is 1. The molecule has 1 N–H and O–H groups in total. The fourth-order valence-electron chi connectivity index (χ4n) is 1.77. The van der Waals surface area contributed by atoms with Crippen LogP contribution in [0.5, 0.6) is 0 Å². The van der Waals surface area contributed by atoms with Crippen LogP contribution < -0.4 is 5.32 Å². The molecule has 1 atom stereocenters. The Morgan fingerprint density at radius 1 is 1.12 bits per heavy atom. The van der Waals surface area contributed by atoms with Gasteiger partial charge in [-0.15, -0.1) is 0 Å². The molecule has 1 aromatic carbocycles. The molecule has 0 heterocycles. The molecule has 1 nitrogen and oxygen atoms in total. The first-order valence-corrected chi connectivity index (χ1v) is 4.89. The van der Waals surface area contributed by atoms with E-state index in [-0.39, 0.29) is 12.0 Å². The molecule has 0 saturated carbocycles. The maximum Gasteiger partial charge on any atom is 0.410 e. The topological polar surface area (TPSA) is 12.0 Å². The van der Waals surface area contributed by atoms with E-state index in [1.807, 2.05) is 0 Å². The molecular formula is C11H13F4N. The fraction of sp³-hybridized carbons (Fsp3) is 0.455. The smallest absolute Gasteiger partial charge is 0.303 e. The summed E-state index contributed by atoms with van der Waals surface area (Å²) in [6, 6.07) is 4.37. The lowest BCUT2D eigenvalue weighted by Crippen LogP contribution is -2.52. The molecule has 0 aliphatic carbocycles. The standard InChI is InChI=1S/C11H13F4N/c1-3-10(16-2,11(13,14)15)8-4-6-9(12)7-5-8/h4-7,16H,3H2,1-2H3. The van der Waals surface area contributed by atoms with Gasteiger partial charge in [0, 0.05) is 0 Å². The highest BCUT2D eigenvalue weighted by atomic mass is 19.4. The van der Waals surface area contributed by atoms with E-state index >= 15 is 0 Å². The molecule has 0 amide bonds. The van der Waals surface area contributed by atoms with E-state index < -0.39 is 17.5 Å². The van der Waals surface area contributed by atoms with Crippen molar-refractivity contribution >= 4 is 0 Å². The Bertz CT molecular complexity index is 338. The van der Waals surface area contributed by atoms with E-state index in [2.05, 4.69) is 5.32 Å². The second-order valence-electron chi connectivity index (χ2n) is 3.51. The predicted octanol–water partition coefficient (Wildman–Crippen LogP) is 3.21. The zero-order valence-electron chi connectivity index (χ0n) is 9.03. The summed E-state index contributed by atoms with van der Waals surface area (Å²) in [4.78, 5) is 0. The van der Waals surface area contributed by atoms with Crippen LogP contribution >= 0.6 is 0 Å². The highest BCUT2D eigenvalue weighted by Crippen LogP contribution is 2.41. The Hall–Kier alpha value is -1.10. The quantitative estimate of drug-likeness (QED) is 0.793. The molecule has 1 unspecified atom stereocenters. The zero-order valence-corrected chi connectivity index (χ0v) is 9.03. The van der Waals surface area contributed by atoms with Crippen molar-refractivity contribution in [2.75, 3.05) is 7.05 Å². The SMILES string of the molecule is CCC(NC)(c1ccc(F)cc1)C(F)(F)F. The molecule has 1 rings (SSSR count). The zero-order chi connectivity index (χ0) is 12.4. The second-order valence-corrected chi connectivity index (χ2v) is 3.51. The van der Waals surface area contributed by atoms with Gasteiger partial charge in [0.2, 0.25) is 0 Å². The Kier molecular flexibility index (Phi) is 3.57. The number of benzene rings is 1. The van der Waals surface area contributed by atoms with Crippen molar-refractivity contribution in [3.05, 3.63) is 35.6 Å².